The quantitative estimate of drug-likeness (QED) is 0.702. The van der Waals surface area contributed by atoms with Crippen molar-refractivity contribution in [1.29, 1.82) is 0 Å². The molecule has 0 spiro atoms. The summed E-state index contributed by atoms with van der Waals surface area (Å²) in [5.74, 6) is 0. The highest BCUT2D eigenvalue weighted by molar-refractivity contribution is 7.89. The lowest BCUT2D eigenvalue weighted by molar-refractivity contribution is 0.550. The third-order valence-electron chi connectivity index (χ3n) is 4.01. The molecule has 3 nitrogen and oxygen atoms in total. The standard InChI is InChI=1S/C19H18ClNO2S/c1-2-19(15-7-10-17(20)11-8-15)21-24(22,23)18-12-9-14-5-3-4-6-16(14)13-18/h3-13,19,21H,2H2,1H3. The van der Waals surface area contributed by atoms with Gasteiger partial charge >= 0.3 is 0 Å². The maximum Gasteiger partial charge on any atom is 0.241 e. The summed E-state index contributed by atoms with van der Waals surface area (Å²) in [6.45, 7) is 1.95. The maximum absolute atomic E-state index is 12.7. The van der Waals surface area contributed by atoms with Crippen LogP contribution in [-0.2, 0) is 10.0 Å². The number of halogens is 1. The van der Waals surface area contributed by atoms with Crippen LogP contribution < -0.4 is 4.72 Å². The topological polar surface area (TPSA) is 46.2 Å². The summed E-state index contributed by atoms with van der Waals surface area (Å²) in [5.41, 5.74) is 0.895. The van der Waals surface area contributed by atoms with Crippen LogP contribution in [0.1, 0.15) is 24.9 Å². The molecule has 0 aliphatic rings. The third kappa shape index (κ3) is 3.61. The number of sulfonamides is 1. The number of fused-ring (bicyclic) bond motifs is 1. The van der Waals surface area contributed by atoms with Crippen molar-refractivity contribution in [3.63, 3.8) is 0 Å². The van der Waals surface area contributed by atoms with Gasteiger partial charge in [-0.15, -0.1) is 0 Å². The van der Waals surface area contributed by atoms with Gasteiger partial charge in [0, 0.05) is 11.1 Å². The van der Waals surface area contributed by atoms with E-state index in [9.17, 15) is 8.42 Å². The zero-order chi connectivity index (χ0) is 17.2. The second kappa shape index (κ2) is 6.93. The van der Waals surface area contributed by atoms with E-state index < -0.39 is 10.0 Å². The van der Waals surface area contributed by atoms with E-state index in [1.54, 1.807) is 24.3 Å². The molecule has 3 rings (SSSR count). The van der Waals surface area contributed by atoms with Crippen LogP contribution in [0.3, 0.4) is 0 Å². The smallest absolute Gasteiger partial charge is 0.207 e. The Morgan fingerprint density at radius 3 is 2.29 bits per heavy atom. The number of rotatable bonds is 5. The number of hydrogen-bond acceptors (Lipinski definition) is 2. The molecule has 5 heteroatoms. The van der Waals surface area contributed by atoms with Gasteiger partial charge in [-0.1, -0.05) is 61.0 Å². The minimum atomic E-state index is -3.60. The molecule has 0 aliphatic carbocycles. The first kappa shape index (κ1) is 17.0. The van der Waals surface area contributed by atoms with Gasteiger partial charge in [0.25, 0.3) is 0 Å². The Bertz CT molecular complexity index is 953. The Kier molecular flexibility index (Phi) is 4.90. The van der Waals surface area contributed by atoms with Crippen molar-refractivity contribution in [2.24, 2.45) is 0 Å². The van der Waals surface area contributed by atoms with Gasteiger partial charge < -0.3 is 0 Å². The minimum Gasteiger partial charge on any atom is -0.207 e. The van der Waals surface area contributed by atoms with Gasteiger partial charge in [-0.2, -0.15) is 0 Å². The number of benzene rings is 3. The van der Waals surface area contributed by atoms with Gasteiger partial charge in [0.2, 0.25) is 10.0 Å². The monoisotopic (exact) mass is 359 g/mol. The molecule has 0 saturated heterocycles. The Hall–Kier alpha value is -1.88. The molecule has 1 unspecified atom stereocenters. The second-order valence-corrected chi connectivity index (χ2v) is 7.79. The Morgan fingerprint density at radius 1 is 0.958 bits per heavy atom. The van der Waals surface area contributed by atoms with E-state index >= 15 is 0 Å². The van der Waals surface area contributed by atoms with Gasteiger partial charge in [0.1, 0.15) is 0 Å². The number of hydrogen-bond donors (Lipinski definition) is 1. The van der Waals surface area contributed by atoms with Crippen LogP contribution >= 0.6 is 11.6 Å². The van der Waals surface area contributed by atoms with E-state index in [0.29, 0.717) is 11.4 Å². The minimum absolute atomic E-state index is 0.272. The first-order valence-corrected chi connectivity index (χ1v) is 9.62. The Balaban J connectivity index is 1.91. The van der Waals surface area contributed by atoms with Crippen LogP contribution in [0.5, 0.6) is 0 Å². The van der Waals surface area contributed by atoms with Gasteiger partial charge in [0.05, 0.1) is 4.90 Å². The SMILES string of the molecule is CCC(NS(=O)(=O)c1ccc2ccccc2c1)c1ccc(Cl)cc1. The molecule has 0 bridgehead atoms. The summed E-state index contributed by atoms with van der Waals surface area (Å²) in [5, 5.41) is 2.55. The van der Waals surface area contributed by atoms with Gasteiger partial charge in [-0.25, -0.2) is 13.1 Å². The van der Waals surface area contributed by atoms with Crippen molar-refractivity contribution >= 4 is 32.4 Å². The van der Waals surface area contributed by atoms with E-state index in [-0.39, 0.29) is 10.9 Å². The van der Waals surface area contributed by atoms with E-state index in [1.807, 2.05) is 49.4 Å². The van der Waals surface area contributed by atoms with Crippen LogP contribution in [0, 0.1) is 0 Å². The van der Waals surface area contributed by atoms with Crippen LogP contribution in [0.25, 0.3) is 10.8 Å². The van der Waals surface area contributed by atoms with E-state index in [2.05, 4.69) is 4.72 Å². The molecule has 3 aromatic carbocycles. The zero-order valence-corrected chi connectivity index (χ0v) is 14.8. The van der Waals surface area contributed by atoms with E-state index in [1.165, 1.54) is 0 Å². The van der Waals surface area contributed by atoms with Gasteiger partial charge in [0.15, 0.2) is 0 Å². The fourth-order valence-corrected chi connectivity index (χ4v) is 4.14. The lowest BCUT2D eigenvalue weighted by Gasteiger charge is -2.18. The fraction of sp³-hybridized carbons (Fsp3) is 0.158. The molecule has 0 fully saturated rings. The van der Waals surface area contributed by atoms with Crippen molar-refractivity contribution in [2.45, 2.75) is 24.3 Å². The first-order valence-electron chi connectivity index (χ1n) is 7.76. The highest BCUT2D eigenvalue weighted by Crippen LogP contribution is 2.24. The molecular formula is C19H18ClNO2S. The summed E-state index contributed by atoms with van der Waals surface area (Å²) in [6.07, 6.45) is 0.647. The van der Waals surface area contributed by atoms with E-state index in [0.717, 1.165) is 16.3 Å². The molecule has 124 valence electrons. The molecule has 1 atom stereocenters. The van der Waals surface area contributed by atoms with Gasteiger partial charge in [-0.05, 0) is 47.0 Å². The van der Waals surface area contributed by atoms with Crippen molar-refractivity contribution in [2.75, 3.05) is 0 Å². The predicted octanol–water partition coefficient (Wildman–Crippen LogP) is 4.92. The summed E-state index contributed by atoms with van der Waals surface area (Å²) in [4.78, 5) is 0.272. The molecule has 3 aromatic rings. The molecule has 24 heavy (non-hydrogen) atoms. The molecule has 0 aromatic heterocycles. The third-order valence-corrected chi connectivity index (χ3v) is 5.73. The molecule has 0 heterocycles. The zero-order valence-electron chi connectivity index (χ0n) is 13.2. The molecule has 0 saturated carbocycles. The lowest BCUT2D eigenvalue weighted by Crippen LogP contribution is -2.28. The fourth-order valence-electron chi connectivity index (χ4n) is 2.67. The highest BCUT2D eigenvalue weighted by atomic mass is 35.5. The van der Waals surface area contributed by atoms with Gasteiger partial charge in [-0.3, -0.25) is 0 Å². The van der Waals surface area contributed by atoms with Crippen molar-refractivity contribution in [1.82, 2.24) is 4.72 Å². The van der Waals surface area contributed by atoms with Crippen molar-refractivity contribution in [3.8, 4) is 0 Å². The Morgan fingerprint density at radius 2 is 1.62 bits per heavy atom. The largest absolute Gasteiger partial charge is 0.241 e. The maximum atomic E-state index is 12.7. The molecule has 0 aliphatic heterocycles. The van der Waals surface area contributed by atoms with Crippen LogP contribution in [-0.4, -0.2) is 8.42 Å². The van der Waals surface area contributed by atoms with Crippen LogP contribution in [0.4, 0.5) is 0 Å². The summed E-state index contributed by atoms with van der Waals surface area (Å²) in [6, 6.07) is 19.8. The molecule has 0 radical (unpaired) electrons. The average molecular weight is 360 g/mol. The predicted molar refractivity (Wildman–Crippen MR) is 98.8 cm³/mol. The first-order chi connectivity index (χ1) is 11.5. The normalized spacial score (nSPS) is 13.1. The summed E-state index contributed by atoms with van der Waals surface area (Å²) in [7, 11) is -3.60. The highest BCUT2D eigenvalue weighted by Gasteiger charge is 2.20. The van der Waals surface area contributed by atoms with Crippen molar-refractivity contribution < 1.29 is 8.42 Å². The molecular weight excluding hydrogens is 342 g/mol. The summed E-state index contributed by atoms with van der Waals surface area (Å²) >= 11 is 5.91. The molecule has 1 N–H and O–H groups in total. The van der Waals surface area contributed by atoms with E-state index in [4.69, 9.17) is 11.6 Å². The van der Waals surface area contributed by atoms with Crippen molar-refractivity contribution in [3.05, 3.63) is 77.3 Å². The second-order valence-electron chi connectivity index (χ2n) is 5.64. The number of nitrogens with one attached hydrogen (secondary N) is 1. The van der Waals surface area contributed by atoms with Crippen LogP contribution in [0.2, 0.25) is 5.02 Å². The van der Waals surface area contributed by atoms with Crippen LogP contribution in [0.15, 0.2) is 71.6 Å². The molecule has 0 amide bonds. The lowest BCUT2D eigenvalue weighted by atomic mass is 10.1. The summed E-state index contributed by atoms with van der Waals surface area (Å²) < 4.78 is 28.3. The Labute approximate surface area is 147 Å². The average Bonchev–Trinajstić information content (AvgIpc) is 2.60.